The molecule has 1 atom stereocenters. The molecule has 0 saturated heterocycles. The summed E-state index contributed by atoms with van der Waals surface area (Å²) in [4.78, 5) is 20.4. The van der Waals surface area contributed by atoms with Gasteiger partial charge in [0.1, 0.15) is 16.5 Å². The normalized spacial score (nSPS) is 22.5. The van der Waals surface area contributed by atoms with Gasteiger partial charge in [-0.3, -0.25) is 9.98 Å². The Morgan fingerprint density at radius 2 is 2.28 bits per heavy atom. The van der Waals surface area contributed by atoms with Crippen LogP contribution in [0.4, 0.5) is 0 Å². The third-order valence-electron chi connectivity index (χ3n) is 2.66. The molecule has 1 aliphatic rings. The third kappa shape index (κ3) is 2.20. The fraction of sp³-hybridized carbons (Fsp3) is 0.417. The first-order valence-electron chi connectivity index (χ1n) is 5.41. The van der Waals surface area contributed by atoms with Crippen molar-refractivity contribution in [3.63, 3.8) is 0 Å². The predicted octanol–water partition coefficient (Wildman–Crippen LogP) is 1.52. The fourth-order valence-corrected chi connectivity index (χ4v) is 2.82. The van der Waals surface area contributed by atoms with Crippen LogP contribution in [0.5, 0.6) is 5.75 Å². The number of esters is 1. The monoisotopic (exact) mass is 266 g/mol. The van der Waals surface area contributed by atoms with Crippen LogP contribution in [-0.4, -0.2) is 41.5 Å². The van der Waals surface area contributed by atoms with Gasteiger partial charge in [-0.25, -0.2) is 4.79 Å². The van der Waals surface area contributed by atoms with Crippen molar-refractivity contribution in [1.29, 1.82) is 0 Å². The van der Waals surface area contributed by atoms with E-state index in [9.17, 15) is 4.79 Å². The van der Waals surface area contributed by atoms with Crippen molar-refractivity contribution in [1.82, 2.24) is 4.98 Å². The molecular formula is C12H14N2O3S. The van der Waals surface area contributed by atoms with E-state index in [0.29, 0.717) is 22.2 Å². The molecule has 1 aromatic heterocycles. The maximum absolute atomic E-state index is 11.7. The lowest BCUT2D eigenvalue weighted by atomic mass is 10.1. The topological polar surface area (TPSA) is 60.8 Å². The SMILES string of the molecule is COC(=O)C1(C)CSC(c2ncccc2OC)=N1. The Morgan fingerprint density at radius 1 is 1.50 bits per heavy atom. The standard InChI is InChI=1S/C12H14N2O3S/c1-12(11(15)17-3)7-18-10(14-12)9-8(16-2)5-4-6-13-9/h4-6H,7H2,1-3H3. The smallest absolute Gasteiger partial charge is 0.334 e. The minimum atomic E-state index is -0.836. The van der Waals surface area contributed by atoms with Crippen LogP contribution >= 0.6 is 11.8 Å². The van der Waals surface area contributed by atoms with Gasteiger partial charge in [0.05, 0.1) is 14.2 Å². The highest BCUT2D eigenvalue weighted by Gasteiger charge is 2.40. The summed E-state index contributed by atoms with van der Waals surface area (Å²) in [6.07, 6.45) is 1.68. The van der Waals surface area contributed by atoms with Crippen LogP contribution in [0.3, 0.4) is 0 Å². The Bertz CT molecular complexity index is 504. The van der Waals surface area contributed by atoms with Crippen LogP contribution in [0, 0.1) is 0 Å². The number of aromatic nitrogens is 1. The maximum atomic E-state index is 11.7. The van der Waals surface area contributed by atoms with Crippen molar-refractivity contribution in [3.8, 4) is 5.75 Å². The predicted molar refractivity (Wildman–Crippen MR) is 70.2 cm³/mol. The van der Waals surface area contributed by atoms with E-state index < -0.39 is 5.54 Å². The van der Waals surface area contributed by atoms with Gasteiger partial charge in [-0.2, -0.15) is 0 Å². The van der Waals surface area contributed by atoms with Crippen molar-refractivity contribution in [2.24, 2.45) is 4.99 Å². The summed E-state index contributed by atoms with van der Waals surface area (Å²) >= 11 is 1.48. The number of carbonyl (C=O) groups excluding carboxylic acids is 1. The lowest BCUT2D eigenvalue weighted by molar-refractivity contribution is -0.145. The van der Waals surface area contributed by atoms with Gasteiger partial charge in [-0.15, -0.1) is 11.8 Å². The van der Waals surface area contributed by atoms with Crippen LogP contribution < -0.4 is 4.74 Å². The molecule has 1 unspecified atom stereocenters. The zero-order valence-electron chi connectivity index (χ0n) is 10.5. The molecule has 0 saturated carbocycles. The van der Waals surface area contributed by atoms with E-state index >= 15 is 0 Å². The number of pyridine rings is 1. The van der Waals surface area contributed by atoms with E-state index in [1.54, 1.807) is 26.3 Å². The molecule has 5 nitrogen and oxygen atoms in total. The van der Waals surface area contributed by atoms with Gasteiger partial charge in [0.2, 0.25) is 0 Å². The van der Waals surface area contributed by atoms with E-state index in [2.05, 4.69) is 9.98 Å². The molecule has 1 aliphatic heterocycles. The summed E-state index contributed by atoms with van der Waals surface area (Å²) in [5.74, 6) is 0.868. The second-order valence-electron chi connectivity index (χ2n) is 4.03. The Balaban J connectivity index is 2.36. The van der Waals surface area contributed by atoms with Crippen LogP contribution in [0.15, 0.2) is 23.3 Å². The van der Waals surface area contributed by atoms with E-state index in [0.717, 1.165) is 0 Å². The Labute approximate surface area is 110 Å². The number of thioether (sulfide) groups is 1. The molecule has 0 aromatic carbocycles. The number of carbonyl (C=O) groups is 1. The summed E-state index contributed by atoms with van der Waals surface area (Å²) in [6, 6.07) is 3.61. The van der Waals surface area contributed by atoms with E-state index in [-0.39, 0.29) is 5.97 Å². The van der Waals surface area contributed by atoms with E-state index in [1.807, 2.05) is 6.07 Å². The minimum Gasteiger partial charge on any atom is -0.494 e. The number of hydrogen-bond acceptors (Lipinski definition) is 6. The van der Waals surface area contributed by atoms with Gasteiger partial charge in [-0.05, 0) is 19.1 Å². The number of hydrogen-bond donors (Lipinski definition) is 0. The van der Waals surface area contributed by atoms with E-state index in [4.69, 9.17) is 9.47 Å². The number of methoxy groups -OCH3 is 2. The van der Waals surface area contributed by atoms with Crippen molar-refractivity contribution in [2.75, 3.05) is 20.0 Å². The van der Waals surface area contributed by atoms with Crippen LogP contribution in [0.25, 0.3) is 0 Å². The highest BCUT2D eigenvalue weighted by atomic mass is 32.2. The van der Waals surface area contributed by atoms with Crippen molar-refractivity contribution in [2.45, 2.75) is 12.5 Å². The molecule has 0 amide bonds. The molecule has 0 fully saturated rings. The van der Waals surface area contributed by atoms with E-state index in [1.165, 1.54) is 18.9 Å². The maximum Gasteiger partial charge on any atom is 0.334 e. The molecule has 18 heavy (non-hydrogen) atoms. The van der Waals surface area contributed by atoms with Gasteiger partial charge in [0.25, 0.3) is 0 Å². The molecule has 0 spiro atoms. The van der Waals surface area contributed by atoms with Gasteiger partial charge >= 0.3 is 5.97 Å². The molecule has 6 heteroatoms. The molecule has 1 aromatic rings. The average Bonchev–Trinajstić information content (AvgIpc) is 2.81. The van der Waals surface area contributed by atoms with Gasteiger partial charge in [0.15, 0.2) is 5.54 Å². The van der Waals surface area contributed by atoms with Gasteiger partial charge < -0.3 is 9.47 Å². The Hall–Kier alpha value is -1.56. The summed E-state index contributed by atoms with van der Waals surface area (Å²) in [7, 11) is 2.95. The molecule has 0 bridgehead atoms. The lowest BCUT2D eigenvalue weighted by Gasteiger charge is -2.15. The molecular weight excluding hydrogens is 252 g/mol. The van der Waals surface area contributed by atoms with Crippen LogP contribution in [0.1, 0.15) is 12.6 Å². The summed E-state index contributed by atoms with van der Waals surface area (Å²) in [5, 5.41) is 0.709. The number of rotatable bonds is 3. The zero-order valence-corrected chi connectivity index (χ0v) is 11.3. The van der Waals surface area contributed by atoms with Crippen molar-refractivity contribution < 1.29 is 14.3 Å². The summed E-state index contributed by atoms with van der Waals surface area (Å²) < 4.78 is 10.0. The molecule has 2 rings (SSSR count). The zero-order chi connectivity index (χ0) is 13.2. The molecule has 96 valence electrons. The van der Waals surface area contributed by atoms with Crippen LogP contribution in [-0.2, 0) is 9.53 Å². The Morgan fingerprint density at radius 3 is 2.94 bits per heavy atom. The highest BCUT2D eigenvalue weighted by molar-refractivity contribution is 8.14. The summed E-state index contributed by atoms with van der Waals surface area (Å²) in [6.45, 7) is 1.76. The average molecular weight is 266 g/mol. The first-order chi connectivity index (χ1) is 8.60. The second kappa shape index (κ2) is 4.97. The molecule has 0 aliphatic carbocycles. The Kier molecular flexibility index (Phi) is 3.56. The number of ether oxygens (including phenoxy) is 2. The van der Waals surface area contributed by atoms with Gasteiger partial charge in [0, 0.05) is 11.9 Å². The molecule has 2 heterocycles. The lowest BCUT2D eigenvalue weighted by Crippen LogP contribution is -2.34. The molecule has 0 N–H and O–H groups in total. The first kappa shape index (κ1) is 12.9. The fourth-order valence-electron chi connectivity index (χ4n) is 1.66. The largest absolute Gasteiger partial charge is 0.494 e. The minimum absolute atomic E-state index is 0.333. The first-order valence-corrected chi connectivity index (χ1v) is 6.40. The van der Waals surface area contributed by atoms with Crippen LogP contribution in [0.2, 0.25) is 0 Å². The van der Waals surface area contributed by atoms with Crippen molar-refractivity contribution >= 4 is 22.8 Å². The number of nitrogens with zero attached hydrogens (tertiary/aromatic N) is 2. The summed E-state index contributed by atoms with van der Waals surface area (Å²) in [5.41, 5.74) is -0.172. The quantitative estimate of drug-likeness (QED) is 0.776. The third-order valence-corrected chi connectivity index (χ3v) is 3.92. The highest BCUT2D eigenvalue weighted by Crippen LogP contribution is 2.33. The van der Waals surface area contributed by atoms with Crippen molar-refractivity contribution in [3.05, 3.63) is 24.0 Å². The molecule has 0 radical (unpaired) electrons. The number of aliphatic imine (C=N–C) groups is 1. The second-order valence-corrected chi connectivity index (χ2v) is 4.99. The van der Waals surface area contributed by atoms with Gasteiger partial charge in [-0.1, -0.05) is 0 Å².